The van der Waals surface area contributed by atoms with E-state index in [1.807, 2.05) is 0 Å². The molecule has 0 aliphatic carbocycles. The van der Waals surface area contributed by atoms with Crippen LogP contribution in [0.4, 0.5) is 23.2 Å². The molecule has 2 N–H and O–H groups in total. The van der Waals surface area contributed by atoms with Gasteiger partial charge in [-0.05, 0) is 18.2 Å². The van der Waals surface area contributed by atoms with Crippen molar-refractivity contribution in [3.8, 4) is 0 Å². The average molecular weight is 443 g/mol. The molecule has 158 valence electrons. The number of alkyl halides is 3. The van der Waals surface area contributed by atoms with Gasteiger partial charge >= 0.3 is 6.18 Å². The number of anilines is 1. The number of allylic oxidation sites excluding steroid dienone is 1. The van der Waals surface area contributed by atoms with Crippen molar-refractivity contribution in [1.29, 1.82) is 0 Å². The zero-order chi connectivity index (χ0) is 21.9. The van der Waals surface area contributed by atoms with Crippen molar-refractivity contribution in [2.24, 2.45) is 5.10 Å². The van der Waals surface area contributed by atoms with Crippen LogP contribution < -0.4 is 10.3 Å². The van der Waals surface area contributed by atoms with Gasteiger partial charge in [-0.15, -0.1) is 0 Å². The maximum absolute atomic E-state index is 13.6. The highest BCUT2D eigenvalue weighted by Gasteiger charge is 2.38. The smallest absolute Gasteiger partial charge is 0.382 e. The lowest BCUT2D eigenvalue weighted by molar-refractivity contribution is -0.201. The zero-order valence-corrected chi connectivity index (χ0v) is 16.0. The number of pyridine rings is 1. The van der Waals surface area contributed by atoms with Crippen molar-refractivity contribution in [1.82, 2.24) is 10.3 Å². The Morgan fingerprint density at radius 3 is 2.60 bits per heavy atom. The van der Waals surface area contributed by atoms with Gasteiger partial charge in [-0.2, -0.15) is 18.3 Å². The first-order valence-electron chi connectivity index (χ1n) is 8.59. The second-order valence-electron chi connectivity index (χ2n) is 6.35. The summed E-state index contributed by atoms with van der Waals surface area (Å²) in [4.78, 5) is 16.2. The van der Waals surface area contributed by atoms with Gasteiger partial charge in [0.25, 0.3) is 0 Å². The fourth-order valence-corrected chi connectivity index (χ4v) is 2.70. The molecule has 0 spiro atoms. The Kier molecular flexibility index (Phi) is 6.37. The highest BCUT2D eigenvalue weighted by Crippen LogP contribution is 2.23. The monoisotopic (exact) mass is 442 g/mol. The standard InChI is InChI=1S/C19H15ClF4N4O2/c20-13-3-1-11(2-4-13)16-5-12(18(30)26-9-17(29)19(22,23)24)10-28(27-16)15-6-14(21)7-25-8-15/h1-8,17,29H,9-10H2,(H,26,30)/t17-/m0/s1. The fourth-order valence-electron chi connectivity index (χ4n) is 2.57. The first kappa shape index (κ1) is 21.7. The third-order valence-corrected chi connectivity index (χ3v) is 4.37. The minimum atomic E-state index is -4.86. The Balaban J connectivity index is 1.89. The number of hydrogen-bond acceptors (Lipinski definition) is 5. The molecular formula is C19H15ClF4N4O2. The van der Waals surface area contributed by atoms with Gasteiger partial charge in [0.05, 0.1) is 36.9 Å². The molecule has 0 fully saturated rings. The molecule has 0 radical (unpaired) electrons. The fraction of sp³-hybridized carbons (Fsp3) is 0.211. The van der Waals surface area contributed by atoms with E-state index in [4.69, 9.17) is 16.7 Å². The molecule has 1 amide bonds. The Labute approximate surface area is 173 Å². The Bertz CT molecular complexity index is 993. The molecule has 0 saturated heterocycles. The van der Waals surface area contributed by atoms with E-state index in [9.17, 15) is 22.4 Å². The van der Waals surface area contributed by atoms with Crippen LogP contribution in [0.5, 0.6) is 0 Å². The largest absolute Gasteiger partial charge is 0.416 e. The van der Waals surface area contributed by atoms with Crippen molar-refractivity contribution in [3.05, 3.63) is 70.8 Å². The third-order valence-electron chi connectivity index (χ3n) is 4.11. The van der Waals surface area contributed by atoms with Gasteiger partial charge in [-0.3, -0.25) is 14.8 Å². The number of nitrogens with zero attached hydrogens (tertiary/aromatic N) is 3. The zero-order valence-electron chi connectivity index (χ0n) is 15.2. The van der Waals surface area contributed by atoms with E-state index in [0.717, 1.165) is 12.3 Å². The third kappa shape index (κ3) is 5.33. The van der Waals surface area contributed by atoms with Crippen molar-refractivity contribution in [2.75, 3.05) is 18.1 Å². The molecule has 6 nitrogen and oxygen atoms in total. The molecule has 2 aromatic rings. The second kappa shape index (κ2) is 8.80. The molecule has 30 heavy (non-hydrogen) atoms. The summed E-state index contributed by atoms with van der Waals surface area (Å²) < 4.78 is 51.0. The summed E-state index contributed by atoms with van der Waals surface area (Å²) in [6.45, 7) is -1.15. The topological polar surface area (TPSA) is 77.8 Å². The van der Waals surface area contributed by atoms with E-state index in [1.54, 1.807) is 24.3 Å². The van der Waals surface area contributed by atoms with Gasteiger partial charge in [0.15, 0.2) is 6.10 Å². The Morgan fingerprint density at radius 1 is 1.27 bits per heavy atom. The highest BCUT2D eigenvalue weighted by molar-refractivity contribution is 6.30. The van der Waals surface area contributed by atoms with Crippen LogP contribution >= 0.6 is 11.6 Å². The molecule has 1 aromatic heterocycles. The van der Waals surface area contributed by atoms with Crippen LogP contribution in [-0.2, 0) is 4.79 Å². The number of hydrogen-bond donors (Lipinski definition) is 2. The molecule has 1 atom stereocenters. The number of carbonyl (C=O) groups is 1. The maximum Gasteiger partial charge on any atom is 0.416 e. The summed E-state index contributed by atoms with van der Waals surface area (Å²) in [5.74, 6) is -1.45. The quantitative estimate of drug-likeness (QED) is 0.698. The molecule has 1 aliphatic rings. The maximum atomic E-state index is 13.6. The molecule has 3 rings (SSSR count). The van der Waals surface area contributed by atoms with E-state index < -0.39 is 30.5 Å². The van der Waals surface area contributed by atoms with E-state index >= 15 is 0 Å². The first-order valence-corrected chi connectivity index (χ1v) is 8.97. The number of hydrazone groups is 1. The normalized spacial score (nSPS) is 15.3. The minimum Gasteiger partial charge on any atom is -0.382 e. The predicted molar refractivity (Wildman–Crippen MR) is 103 cm³/mol. The van der Waals surface area contributed by atoms with Crippen LogP contribution in [-0.4, -0.2) is 47.1 Å². The van der Waals surface area contributed by atoms with Crippen molar-refractivity contribution in [3.63, 3.8) is 0 Å². The van der Waals surface area contributed by atoms with E-state index in [1.165, 1.54) is 17.3 Å². The SMILES string of the molecule is O=C(NC[C@H](O)C(F)(F)F)C1=CC(c2ccc(Cl)cc2)=NN(c2cncc(F)c2)C1. The molecule has 11 heteroatoms. The molecule has 0 unspecified atom stereocenters. The number of benzene rings is 1. The van der Waals surface area contributed by atoms with Crippen LogP contribution in [0.15, 0.2) is 59.5 Å². The lowest BCUT2D eigenvalue weighted by atomic mass is 10.0. The second-order valence-corrected chi connectivity index (χ2v) is 6.78. The van der Waals surface area contributed by atoms with Crippen molar-refractivity contribution < 1.29 is 27.5 Å². The number of carbonyl (C=O) groups excluding carboxylic acids is 1. The van der Waals surface area contributed by atoms with E-state index in [-0.39, 0.29) is 17.8 Å². The number of nitrogens with one attached hydrogen (secondary N) is 1. The minimum absolute atomic E-state index is 0.0635. The average Bonchev–Trinajstić information content (AvgIpc) is 2.71. The highest BCUT2D eigenvalue weighted by atomic mass is 35.5. The van der Waals surface area contributed by atoms with Gasteiger partial charge in [0.2, 0.25) is 5.91 Å². The summed E-state index contributed by atoms with van der Waals surface area (Å²) in [5.41, 5.74) is 1.20. The van der Waals surface area contributed by atoms with Crippen molar-refractivity contribution >= 4 is 28.9 Å². The molecule has 1 aromatic carbocycles. The molecule has 0 saturated carbocycles. The summed E-state index contributed by atoms with van der Waals surface area (Å²) in [6, 6.07) is 7.66. The van der Waals surface area contributed by atoms with Gasteiger partial charge in [0, 0.05) is 22.2 Å². The molecule has 1 aliphatic heterocycles. The number of rotatable bonds is 5. The molecular weight excluding hydrogens is 428 g/mol. The number of aromatic nitrogens is 1. The van der Waals surface area contributed by atoms with Crippen LogP contribution in [0, 0.1) is 5.82 Å². The number of halogens is 5. The van der Waals surface area contributed by atoms with Gasteiger partial charge in [-0.1, -0.05) is 23.7 Å². The predicted octanol–water partition coefficient (Wildman–Crippen LogP) is 3.06. The van der Waals surface area contributed by atoms with E-state index in [0.29, 0.717) is 16.3 Å². The molecule has 2 heterocycles. The summed E-state index contributed by atoms with van der Waals surface area (Å²) in [6.07, 6.45) is -3.82. The molecule has 0 bridgehead atoms. The van der Waals surface area contributed by atoms with Crippen LogP contribution in [0.25, 0.3) is 0 Å². The Morgan fingerprint density at radius 2 is 1.97 bits per heavy atom. The number of amides is 1. The first-order chi connectivity index (χ1) is 14.1. The van der Waals surface area contributed by atoms with Gasteiger partial charge < -0.3 is 10.4 Å². The number of aliphatic hydroxyl groups is 1. The number of aliphatic hydroxyl groups excluding tert-OH is 1. The van der Waals surface area contributed by atoms with Gasteiger partial charge in [-0.25, -0.2) is 4.39 Å². The summed E-state index contributed by atoms with van der Waals surface area (Å²) >= 11 is 5.88. The lowest BCUT2D eigenvalue weighted by Crippen LogP contribution is -2.42. The summed E-state index contributed by atoms with van der Waals surface area (Å²) in [7, 11) is 0. The van der Waals surface area contributed by atoms with Crippen LogP contribution in [0.3, 0.4) is 0 Å². The lowest BCUT2D eigenvalue weighted by Gasteiger charge is -2.26. The Hall–Kier alpha value is -2.98. The summed E-state index contributed by atoms with van der Waals surface area (Å²) in [5, 5.41) is 17.3. The van der Waals surface area contributed by atoms with Crippen molar-refractivity contribution in [2.45, 2.75) is 12.3 Å². The van der Waals surface area contributed by atoms with Gasteiger partial charge in [0.1, 0.15) is 5.82 Å². The van der Waals surface area contributed by atoms with Crippen LogP contribution in [0.2, 0.25) is 5.02 Å². The van der Waals surface area contributed by atoms with Crippen LogP contribution in [0.1, 0.15) is 5.56 Å². The van der Waals surface area contributed by atoms with E-state index in [2.05, 4.69) is 15.4 Å².